The molecule has 0 bridgehead atoms. The molecule has 1 amide bonds. The minimum Gasteiger partial charge on any atom is -0.497 e. The summed E-state index contributed by atoms with van der Waals surface area (Å²) in [6.45, 7) is 2.72. The van der Waals surface area contributed by atoms with Gasteiger partial charge in [0, 0.05) is 20.0 Å². The van der Waals surface area contributed by atoms with Gasteiger partial charge < -0.3 is 19.1 Å². The third-order valence-corrected chi connectivity index (χ3v) is 4.80. The zero-order valence-electron chi connectivity index (χ0n) is 15.5. The van der Waals surface area contributed by atoms with Crippen LogP contribution in [-0.4, -0.2) is 38.7 Å². The Bertz CT molecular complexity index is 746. The van der Waals surface area contributed by atoms with Crippen LogP contribution in [0.3, 0.4) is 0 Å². The standard InChI is InChI=1S/C20H24BrNO4/c1-14(23)22(13-15-5-7-17(24-2)8-6-15)10-9-16-11-20(26-4)18(21)12-19(16)25-3/h5-8,11-12H,9-10,13H2,1-4H3. The van der Waals surface area contributed by atoms with Gasteiger partial charge >= 0.3 is 0 Å². The smallest absolute Gasteiger partial charge is 0.219 e. The van der Waals surface area contributed by atoms with E-state index in [1.807, 2.05) is 41.3 Å². The van der Waals surface area contributed by atoms with E-state index in [0.29, 0.717) is 19.5 Å². The van der Waals surface area contributed by atoms with Gasteiger partial charge in [-0.05, 0) is 57.7 Å². The second-order valence-electron chi connectivity index (χ2n) is 5.84. The Hall–Kier alpha value is -2.21. The lowest BCUT2D eigenvalue weighted by molar-refractivity contribution is -0.129. The fraction of sp³-hybridized carbons (Fsp3) is 0.350. The molecule has 26 heavy (non-hydrogen) atoms. The maximum absolute atomic E-state index is 12.1. The SMILES string of the molecule is COc1ccc(CN(CCc2cc(OC)c(Br)cc2OC)C(C)=O)cc1. The van der Waals surface area contributed by atoms with Crippen LogP contribution in [0.15, 0.2) is 40.9 Å². The van der Waals surface area contributed by atoms with Gasteiger partial charge in [-0.15, -0.1) is 0 Å². The van der Waals surface area contributed by atoms with Gasteiger partial charge in [-0.3, -0.25) is 4.79 Å². The molecule has 0 aromatic heterocycles. The molecule has 140 valence electrons. The molecule has 0 heterocycles. The summed E-state index contributed by atoms with van der Waals surface area (Å²) in [5.74, 6) is 2.34. The lowest BCUT2D eigenvalue weighted by atomic mass is 10.1. The molecule has 2 aromatic carbocycles. The van der Waals surface area contributed by atoms with Gasteiger partial charge in [0.05, 0.1) is 25.8 Å². The molecule has 2 rings (SSSR count). The van der Waals surface area contributed by atoms with Crippen LogP contribution >= 0.6 is 15.9 Å². The highest BCUT2D eigenvalue weighted by atomic mass is 79.9. The number of halogens is 1. The quantitative estimate of drug-likeness (QED) is 0.644. The first kappa shape index (κ1) is 20.1. The van der Waals surface area contributed by atoms with Gasteiger partial charge in [0.25, 0.3) is 0 Å². The minimum absolute atomic E-state index is 0.0314. The number of ether oxygens (including phenoxy) is 3. The molecule has 0 aliphatic heterocycles. The summed E-state index contributed by atoms with van der Waals surface area (Å²) in [5, 5.41) is 0. The highest BCUT2D eigenvalue weighted by Gasteiger charge is 2.14. The lowest BCUT2D eigenvalue weighted by Gasteiger charge is -2.22. The van der Waals surface area contributed by atoms with Gasteiger partial charge in [-0.2, -0.15) is 0 Å². The van der Waals surface area contributed by atoms with E-state index in [-0.39, 0.29) is 5.91 Å². The molecule has 5 nitrogen and oxygen atoms in total. The largest absolute Gasteiger partial charge is 0.497 e. The average Bonchev–Trinajstić information content (AvgIpc) is 2.65. The van der Waals surface area contributed by atoms with Gasteiger partial charge in [-0.25, -0.2) is 0 Å². The van der Waals surface area contributed by atoms with Crippen LogP contribution < -0.4 is 14.2 Å². The topological polar surface area (TPSA) is 48.0 Å². The minimum atomic E-state index is 0.0314. The number of hydrogen-bond donors (Lipinski definition) is 0. The highest BCUT2D eigenvalue weighted by molar-refractivity contribution is 9.10. The summed E-state index contributed by atoms with van der Waals surface area (Å²) in [5.41, 5.74) is 2.05. The number of hydrogen-bond acceptors (Lipinski definition) is 4. The lowest BCUT2D eigenvalue weighted by Crippen LogP contribution is -2.30. The van der Waals surface area contributed by atoms with E-state index in [4.69, 9.17) is 14.2 Å². The first-order valence-corrected chi connectivity index (χ1v) is 9.06. The maximum atomic E-state index is 12.1. The van der Waals surface area contributed by atoms with Crippen molar-refractivity contribution >= 4 is 21.8 Å². The van der Waals surface area contributed by atoms with Crippen molar-refractivity contribution in [1.82, 2.24) is 4.90 Å². The van der Waals surface area contributed by atoms with Crippen molar-refractivity contribution in [3.05, 3.63) is 52.0 Å². The number of methoxy groups -OCH3 is 3. The summed E-state index contributed by atoms with van der Waals surface area (Å²) in [6.07, 6.45) is 0.669. The van der Waals surface area contributed by atoms with Crippen molar-refractivity contribution in [3.63, 3.8) is 0 Å². The predicted octanol–water partition coefficient (Wildman–Crippen LogP) is 4.07. The molecule has 0 N–H and O–H groups in total. The number of nitrogens with zero attached hydrogens (tertiary/aromatic N) is 1. The van der Waals surface area contributed by atoms with Crippen molar-refractivity contribution in [2.45, 2.75) is 19.9 Å². The third-order valence-electron chi connectivity index (χ3n) is 4.18. The molecule has 0 spiro atoms. The van der Waals surface area contributed by atoms with Crippen LogP contribution in [0.2, 0.25) is 0 Å². The second-order valence-corrected chi connectivity index (χ2v) is 6.69. The van der Waals surface area contributed by atoms with Crippen LogP contribution in [0.4, 0.5) is 0 Å². The van der Waals surface area contributed by atoms with Crippen LogP contribution in [0.1, 0.15) is 18.1 Å². The molecule has 0 fully saturated rings. The first-order chi connectivity index (χ1) is 12.5. The Morgan fingerprint density at radius 1 is 1.00 bits per heavy atom. The fourth-order valence-corrected chi connectivity index (χ4v) is 3.16. The number of amides is 1. The number of benzene rings is 2. The van der Waals surface area contributed by atoms with Gasteiger partial charge in [0.15, 0.2) is 0 Å². The van der Waals surface area contributed by atoms with E-state index in [9.17, 15) is 4.79 Å². The van der Waals surface area contributed by atoms with Crippen molar-refractivity contribution < 1.29 is 19.0 Å². The van der Waals surface area contributed by atoms with Gasteiger partial charge in [0.2, 0.25) is 5.91 Å². The monoisotopic (exact) mass is 421 g/mol. The molecule has 0 atom stereocenters. The molecule has 0 aliphatic carbocycles. The van der Waals surface area contributed by atoms with Crippen LogP contribution in [-0.2, 0) is 17.8 Å². The molecule has 0 radical (unpaired) electrons. The Labute approximate surface area is 163 Å². The molecular weight excluding hydrogens is 398 g/mol. The Balaban J connectivity index is 2.11. The molecule has 0 unspecified atom stereocenters. The Morgan fingerprint density at radius 3 is 2.19 bits per heavy atom. The van der Waals surface area contributed by atoms with Crippen LogP contribution in [0.5, 0.6) is 17.2 Å². The Kier molecular flexibility index (Phi) is 7.33. The van der Waals surface area contributed by atoms with E-state index in [1.165, 1.54) is 0 Å². The fourth-order valence-electron chi connectivity index (χ4n) is 2.67. The summed E-state index contributed by atoms with van der Waals surface area (Å²) in [7, 11) is 4.90. The van der Waals surface area contributed by atoms with Crippen molar-refractivity contribution in [1.29, 1.82) is 0 Å². The number of carbonyl (C=O) groups is 1. The molecular formula is C20H24BrNO4. The van der Waals surface area contributed by atoms with E-state index in [0.717, 1.165) is 32.8 Å². The van der Waals surface area contributed by atoms with Crippen molar-refractivity contribution in [3.8, 4) is 17.2 Å². The van der Waals surface area contributed by atoms with Crippen molar-refractivity contribution in [2.24, 2.45) is 0 Å². The average molecular weight is 422 g/mol. The predicted molar refractivity (Wildman–Crippen MR) is 105 cm³/mol. The normalized spacial score (nSPS) is 10.3. The summed E-state index contributed by atoms with van der Waals surface area (Å²) in [4.78, 5) is 13.9. The summed E-state index contributed by atoms with van der Waals surface area (Å²) in [6, 6.07) is 11.6. The Morgan fingerprint density at radius 2 is 1.65 bits per heavy atom. The second kappa shape index (κ2) is 9.48. The van der Waals surface area contributed by atoms with Crippen LogP contribution in [0.25, 0.3) is 0 Å². The molecule has 0 aliphatic rings. The van der Waals surface area contributed by atoms with E-state index >= 15 is 0 Å². The molecule has 6 heteroatoms. The number of rotatable bonds is 8. The van der Waals surface area contributed by atoms with Gasteiger partial charge in [0.1, 0.15) is 17.2 Å². The zero-order valence-corrected chi connectivity index (χ0v) is 17.1. The summed E-state index contributed by atoms with van der Waals surface area (Å²) < 4.78 is 16.8. The van der Waals surface area contributed by atoms with E-state index in [2.05, 4.69) is 15.9 Å². The first-order valence-electron chi connectivity index (χ1n) is 8.27. The van der Waals surface area contributed by atoms with Crippen molar-refractivity contribution in [2.75, 3.05) is 27.9 Å². The third kappa shape index (κ3) is 5.14. The molecule has 2 aromatic rings. The summed E-state index contributed by atoms with van der Waals surface area (Å²) >= 11 is 3.46. The van der Waals surface area contributed by atoms with Gasteiger partial charge in [-0.1, -0.05) is 12.1 Å². The number of carbonyl (C=O) groups excluding carboxylic acids is 1. The molecule has 0 saturated heterocycles. The van der Waals surface area contributed by atoms with Crippen LogP contribution in [0, 0.1) is 0 Å². The molecule has 0 saturated carbocycles. The van der Waals surface area contributed by atoms with E-state index < -0.39 is 0 Å². The maximum Gasteiger partial charge on any atom is 0.219 e. The zero-order chi connectivity index (χ0) is 19.1. The highest BCUT2D eigenvalue weighted by Crippen LogP contribution is 2.33. The van der Waals surface area contributed by atoms with E-state index in [1.54, 1.807) is 28.3 Å².